The molecule has 1 N–H and O–H groups in total. The quantitative estimate of drug-likeness (QED) is 0.789. The van der Waals surface area contributed by atoms with Gasteiger partial charge in [0, 0.05) is 18.1 Å². The average molecular weight is 316 g/mol. The third-order valence-corrected chi connectivity index (χ3v) is 3.04. The Morgan fingerprint density at radius 3 is 2.33 bits per heavy atom. The standard InChI is InChI=1S/C15H13ClF3NO/c16-9-12-2-1-3-13(8-12)20-10-11-4-6-14(7-5-11)21-15(17,18)19/h1-8,20H,9-10H2. The van der Waals surface area contributed by atoms with Crippen LogP contribution in [0.4, 0.5) is 18.9 Å². The van der Waals surface area contributed by atoms with Crippen molar-refractivity contribution in [3.63, 3.8) is 0 Å². The summed E-state index contributed by atoms with van der Waals surface area (Å²) in [6.07, 6.45) is -4.66. The highest BCUT2D eigenvalue weighted by atomic mass is 35.5. The van der Waals surface area contributed by atoms with Gasteiger partial charge in [-0.2, -0.15) is 0 Å². The van der Waals surface area contributed by atoms with Crippen molar-refractivity contribution in [3.8, 4) is 5.75 Å². The first kappa shape index (κ1) is 15.5. The Balaban J connectivity index is 1.94. The van der Waals surface area contributed by atoms with Crippen LogP contribution in [0.3, 0.4) is 0 Å². The van der Waals surface area contributed by atoms with Crippen molar-refractivity contribution < 1.29 is 17.9 Å². The molecule has 0 aliphatic heterocycles. The van der Waals surface area contributed by atoms with Crippen molar-refractivity contribution in [2.75, 3.05) is 5.32 Å². The van der Waals surface area contributed by atoms with Gasteiger partial charge in [0.1, 0.15) is 5.75 Å². The topological polar surface area (TPSA) is 21.3 Å². The Morgan fingerprint density at radius 1 is 1.00 bits per heavy atom. The number of hydrogen-bond donors (Lipinski definition) is 1. The fourth-order valence-electron chi connectivity index (χ4n) is 1.78. The maximum atomic E-state index is 12.0. The summed E-state index contributed by atoms with van der Waals surface area (Å²) in [6.45, 7) is 0.498. The van der Waals surface area contributed by atoms with Gasteiger partial charge in [-0.3, -0.25) is 0 Å². The molecule has 0 amide bonds. The van der Waals surface area contributed by atoms with E-state index in [-0.39, 0.29) is 5.75 Å². The Morgan fingerprint density at radius 2 is 1.71 bits per heavy atom. The minimum atomic E-state index is -4.66. The molecule has 0 bridgehead atoms. The van der Waals surface area contributed by atoms with Crippen LogP contribution in [0.2, 0.25) is 0 Å². The normalized spacial score (nSPS) is 11.2. The molecule has 112 valence electrons. The van der Waals surface area contributed by atoms with Gasteiger partial charge in [0.15, 0.2) is 0 Å². The molecule has 0 heterocycles. The fraction of sp³-hybridized carbons (Fsp3) is 0.200. The van der Waals surface area contributed by atoms with Gasteiger partial charge >= 0.3 is 6.36 Å². The van der Waals surface area contributed by atoms with Crippen LogP contribution in [-0.2, 0) is 12.4 Å². The summed E-state index contributed by atoms with van der Waals surface area (Å²) in [5.41, 5.74) is 2.75. The first-order valence-corrected chi connectivity index (χ1v) is 6.73. The van der Waals surface area contributed by atoms with E-state index in [0.29, 0.717) is 12.4 Å². The molecule has 2 nitrogen and oxygen atoms in total. The summed E-state index contributed by atoms with van der Waals surface area (Å²) >= 11 is 5.75. The number of alkyl halides is 4. The second-order valence-electron chi connectivity index (χ2n) is 4.38. The van der Waals surface area contributed by atoms with E-state index in [0.717, 1.165) is 16.8 Å². The maximum absolute atomic E-state index is 12.0. The van der Waals surface area contributed by atoms with E-state index >= 15 is 0 Å². The largest absolute Gasteiger partial charge is 0.573 e. The second-order valence-corrected chi connectivity index (χ2v) is 4.65. The van der Waals surface area contributed by atoms with E-state index in [1.165, 1.54) is 12.1 Å². The average Bonchev–Trinajstić information content (AvgIpc) is 2.45. The van der Waals surface area contributed by atoms with Crippen LogP contribution in [0.25, 0.3) is 0 Å². The molecule has 0 aliphatic rings. The lowest BCUT2D eigenvalue weighted by Crippen LogP contribution is -2.17. The van der Waals surface area contributed by atoms with Gasteiger partial charge in [0.25, 0.3) is 0 Å². The van der Waals surface area contributed by atoms with Crippen LogP contribution in [0.15, 0.2) is 48.5 Å². The Kier molecular flexibility index (Phi) is 4.96. The highest BCUT2D eigenvalue weighted by Crippen LogP contribution is 2.23. The molecule has 0 aromatic heterocycles. The molecular formula is C15H13ClF3NO. The number of anilines is 1. The van der Waals surface area contributed by atoms with Gasteiger partial charge in [0.2, 0.25) is 0 Å². The molecule has 0 fully saturated rings. The summed E-state index contributed by atoms with van der Waals surface area (Å²) in [7, 11) is 0. The third kappa shape index (κ3) is 5.19. The molecule has 0 saturated carbocycles. The maximum Gasteiger partial charge on any atom is 0.573 e. The van der Waals surface area contributed by atoms with Gasteiger partial charge in [0.05, 0.1) is 0 Å². The summed E-state index contributed by atoms with van der Waals surface area (Å²) in [5.74, 6) is 0.203. The molecule has 2 rings (SSSR count). The van der Waals surface area contributed by atoms with Gasteiger partial charge < -0.3 is 10.1 Å². The lowest BCUT2D eigenvalue weighted by Gasteiger charge is -2.10. The zero-order chi connectivity index (χ0) is 15.3. The number of ether oxygens (including phenoxy) is 1. The van der Waals surface area contributed by atoms with Crippen molar-refractivity contribution in [1.29, 1.82) is 0 Å². The van der Waals surface area contributed by atoms with Gasteiger partial charge in [-0.15, -0.1) is 24.8 Å². The zero-order valence-electron chi connectivity index (χ0n) is 11.0. The molecule has 6 heteroatoms. The van der Waals surface area contributed by atoms with E-state index < -0.39 is 6.36 Å². The van der Waals surface area contributed by atoms with Crippen molar-refractivity contribution >= 4 is 17.3 Å². The van der Waals surface area contributed by atoms with Gasteiger partial charge in [-0.05, 0) is 35.4 Å². The third-order valence-electron chi connectivity index (χ3n) is 2.73. The van der Waals surface area contributed by atoms with Crippen LogP contribution < -0.4 is 10.1 Å². The summed E-state index contributed by atoms with van der Waals surface area (Å²) in [6, 6.07) is 13.4. The van der Waals surface area contributed by atoms with Crippen LogP contribution in [0, 0.1) is 0 Å². The lowest BCUT2D eigenvalue weighted by molar-refractivity contribution is -0.274. The van der Waals surface area contributed by atoms with E-state index in [1.807, 2.05) is 24.3 Å². The van der Waals surface area contributed by atoms with Gasteiger partial charge in [-0.25, -0.2) is 0 Å². The number of rotatable bonds is 5. The molecular weight excluding hydrogens is 303 g/mol. The number of hydrogen-bond acceptors (Lipinski definition) is 2. The summed E-state index contributed by atoms with van der Waals surface area (Å²) in [4.78, 5) is 0. The SMILES string of the molecule is FC(F)(F)Oc1ccc(CNc2cccc(CCl)c2)cc1. The number of nitrogens with one attached hydrogen (secondary N) is 1. The summed E-state index contributed by atoms with van der Waals surface area (Å²) in [5, 5.41) is 3.18. The summed E-state index contributed by atoms with van der Waals surface area (Å²) < 4.78 is 39.9. The smallest absolute Gasteiger partial charge is 0.406 e. The monoisotopic (exact) mass is 315 g/mol. The van der Waals surface area contributed by atoms with Crippen LogP contribution in [0.1, 0.15) is 11.1 Å². The first-order valence-electron chi connectivity index (χ1n) is 6.20. The van der Waals surface area contributed by atoms with Crippen LogP contribution in [0.5, 0.6) is 5.75 Å². The predicted molar refractivity (Wildman–Crippen MR) is 76.5 cm³/mol. The predicted octanol–water partition coefficient (Wildman–Crippen LogP) is 4.94. The molecule has 0 radical (unpaired) electrons. The molecule has 2 aromatic rings. The van der Waals surface area contributed by atoms with Crippen LogP contribution in [-0.4, -0.2) is 6.36 Å². The fourth-order valence-corrected chi connectivity index (χ4v) is 1.94. The Bertz CT molecular complexity index is 584. The molecule has 0 unspecified atom stereocenters. The Labute approximate surface area is 125 Å². The molecule has 0 spiro atoms. The molecule has 0 saturated heterocycles. The second kappa shape index (κ2) is 6.72. The highest BCUT2D eigenvalue weighted by molar-refractivity contribution is 6.17. The minimum absolute atomic E-state index is 0.226. The van der Waals surface area contributed by atoms with Crippen LogP contribution >= 0.6 is 11.6 Å². The van der Waals surface area contributed by atoms with Crippen molar-refractivity contribution in [2.24, 2.45) is 0 Å². The van der Waals surface area contributed by atoms with Gasteiger partial charge in [-0.1, -0.05) is 24.3 Å². The van der Waals surface area contributed by atoms with Crippen molar-refractivity contribution in [2.45, 2.75) is 18.8 Å². The van der Waals surface area contributed by atoms with Crippen molar-refractivity contribution in [3.05, 3.63) is 59.7 Å². The molecule has 0 atom stereocenters. The highest BCUT2D eigenvalue weighted by Gasteiger charge is 2.30. The Hall–Kier alpha value is -1.88. The number of benzene rings is 2. The molecule has 2 aromatic carbocycles. The van der Waals surface area contributed by atoms with E-state index in [9.17, 15) is 13.2 Å². The first-order chi connectivity index (χ1) is 9.96. The minimum Gasteiger partial charge on any atom is -0.406 e. The lowest BCUT2D eigenvalue weighted by atomic mass is 10.2. The van der Waals surface area contributed by atoms with E-state index in [2.05, 4.69) is 10.1 Å². The van der Waals surface area contributed by atoms with E-state index in [4.69, 9.17) is 11.6 Å². The van der Waals surface area contributed by atoms with Crippen molar-refractivity contribution in [1.82, 2.24) is 0 Å². The zero-order valence-corrected chi connectivity index (χ0v) is 11.7. The molecule has 0 aliphatic carbocycles. The number of halogens is 4. The molecule has 21 heavy (non-hydrogen) atoms. The van der Waals surface area contributed by atoms with E-state index in [1.54, 1.807) is 12.1 Å².